The third-order valence-electron chi connectivity index (χ3n) is 6.69. The Balaban J connectivity index is 0.000000174. The van der Waals surface area contributed by atoms with E-state index in [1.165, 1.54) is 7.40 Å². The van der Waals surface area contributed by atoms with E-state index in [1.807, 2.05) is 0 Å². The van der Waals surface area contributed by atoms with Gasteiger partial charge < -0.3 is 0 Å². The summed E-state index contributed by atoms with van der Waals surface area (Å²) >= 11 is 0. The van der Waals surface area contributed by atoms with Gasteiger partial charge in [-0.1, -0.05) is 31.7 Å². The summed E-state index contributed by atoms with van der Waals surface area (Å²) in [6, 6.07) is 11.1. The molecule has 0 saturated carbocycles. The molecule has 2 atom stereocenters. The summed E-state index contributed by atoms with van der Waals surface area (Å²) in [5, 5.41) is 4.30. The third kappa shape index (κ3) is 4.60. The number of hydrogen-bond donors (Lipinski definition) is 2. The van der Waals surface area contributed by atoms with Gasteiger partial charge in [-0.3, -0.25) is 58.8 Å². The molecular weight excluding hydrogens is 508 g/mol. The van der Waals surface area contributed by atoms with Gasteiger partial charge in [0.25, 0.3) is 23.6 Å². The maximum atomic E-state index is 12.2. The van der Waals surface area contributed by atoms with Gasteiger partial charge in [-0.25, -0.2) is 0 Å². The number of benzene rings is 2. The molecule has 2 N–H and O–H groups in total. The number of amides is 8. The lowest BCUT2D eigenvalue weighted by Gasteiger charge is -2.27. The number of rotatable bonds is 2. The van der Waals surface area contributed by atoms with E-state index in [2.05, 4.69) is 10.6 Å². The minimum absolute atomic E-state index is 0.129. The quantitative estimate of drug-likeness (QED) is 0.535. The molecule has 4 aliphatic heterocycles. The van der Waals surface area contributed by atoms with Crippen molar-refractivity contribution in [1.29, 1.82) is 0 Å². The highest BCUT2D eigenvalue weighted by molar-refractivity contribution is 6.24. The monoisotopic (exact) mass is 533 g/mol. The van der Waals surface area contributed by atoms with Crippen molar-refractivity contribution in [3.05, 3.63) is 70.8 Å². The molecule has 0 radical (unpaired) electrons. The first-order valence-corrected chi connectivity index (χ1v) is 11.8. The van der Waals surface area contributed by atoms with E-state index >= 15 is 0 Å². The Kier molecular flexibility index (Phi) is 6.84. The van der Waals surface area contributed by atoms with Crippen molar-refractivity contribution in [1.82, 2.24) is 20.4 Å². The molecule has 4 heterocycles. The molecule has 2 fully saturated rings. The normalized spacial score (nSPS) is 22.1. The number of carbonyl (C=O) groups excluding carboxylic acids is 8. The summed E-state index contributed by atoms with van der Waals surface area (Å²) < 4.78 is 5.75. The SMILES string of the molecule is O=C1CCC(N2C(=O)c3ccccc3C2=O)C(=O)N1.O=C1CCC(N2C(=O)c3ccccc3C2=O)C(=O)N1.[2H]C. The van der Waals surface area contributed by atoms with Crippen LogP contribution in [-0.4, -0.2) is 69.1 Å². The number of hydrogen-bond acceptors (Lipinski definition) is 8. The molecular formula is C27H24N4O8. The zero-order valence-electron chi connectivity index (χ0n) is 21.8. The molecule has 2 saturated heterocycles. The predicted molar refractivity (Wildman–Crippen MR) is 133 cm³/mol. The molecule has 12 heteroatoms. The summed E-state index contributed by atoms with van der Waals surface area (Å²) in [6.45, 7) is 0. The van der Waals surface area contributed by atoms with Crippen LogP contribution in [0.1, 0.15) is 75.9 Å². The predicted octanol–water partition coefficient (Wildman–Crippen LogP) is 0.812. The van der Waals surface area contributed by atoms with E-state index in [9.17, 15) is 38.4 Å². The van der Waals surface area contributed by atoms with Crippen LogP contribution in [0.15, 0.2) is 48.5 Å². The molecule has 0 aliphatic carbocycles. The lowest BCUT2D eigenvalue weighted by atomic mass is 10.0. The van der Waals surface area contributed by atoms with Crippen LogP contribution in [0.3, 0.4) is 0 Å². The molecule has 2 unspecified atom stereocenters. The van der Waals surface area contributed by atoms with E-state index in [0.29, 0.717) is 22.3 Å². The van der Waals surface area contributed by atoms with Crippen molar-refractivity contribution < 1.29 is 39.7 Å². The molecule has 4 aliphatic rings. The molecule has 200 valence electrons. The topological polar surface area (TPSA) is 167 Å². The van der Waals surface area contributed by atoms with Gasteiger partial charge in [0.2, 0.25) is 23.6 Å². The Bertz CT molecular complexity index is 1290. The van der Waals surface area contributed by atoms with Crippen molar-refractivity contribution in [3.8, 4) is 0 Å². The van der Waals surface area contributed by atoms with Gasteiger partial charge in [-0.05, 0) is 37.1 Å². The molecule has 0 bridgehead atoms. The number of carbonyl (C=O) groups is 8. The van der Waals surface area contributed by atoms with Gasteiger partial charge in [-0.2, -0.15) is 0 Å². The summed E-state index contributed by atoms with van der Waals surface area (Å²) in [5.74, 6) is -3.84. The van der Waals surface area contributed by atoms with Crippen molar-refractivity contribution >= 4 is 47.3 Å². The average Bonchev–Trinajstić information content (AvgIpc) is 3.35. The van der Waals surface area contributed by atoms with Crippen LogP contribution in [0.4, 0.5) is 0 Å². The lowest BCUT2D eigenvalue weighted by molar-refractivity contribution is -0.137. The number of nitrogens with one attached hydrogen (secondary N) is 2. The van der Waals surface area contributed by atoms with Crippen LogP contribution in [0, 0.1) is 0 Å². The Hall–Kier alpha value is -5.00. The van der Waals surface area contributed by atoms with E-state index in [4.69, 9.17) is 1.37 Å². The van der Waals surface area contributed by atoms with E-state index < -0.39 is 47.5 Å². The first-order chi connectivity index (χ1) is 19.2. The second kappa shape index (κ2) is 10.4. The molecule has 6 rings (SSSR count). The van der Waals surface area contributed by atoms with Crippen LogP contribution in [0.2, 0.25) is 0 Å². The van der Waals surface area contributed by atoms with Gasteiger partial charge in [-0.15, -0.1) is 0 Å². The zero-order chi connectivity index (χ0) is 29.1. The minimum Gasteiger partial charge on any atom is -0.295 e. The molecule has 2 aromatic rings. The fraction of sp³-hybridized carbons (Fsp3) is 0.259. The largest absolute Gasteiger partial charge is 0.295 e. The van der Waals surface area contributed by atoms with Crippen LogP contribution in [-0.2, 0) is 19.2 Å². The van der Waals surface area contributed by atoms with Crippen molar-refractivity contribution in [2.75, 3.05) is 0 Å². The lowest BCUT2D eigenvalue weighted by Crippen LogP contribution is -2.54. The average molecular weight is 534 g/mol. The summed E-state index contributed by atoms with van der Waals surface area (Å²) in [7, 11) is 1.25. The molecule has 0 spiro atoms. The van der Waals surface area contributed by atoms with E-state index in [0.717, 1.165) is 9.80 Å². The molecule has 39 heavy (non-hydrogen) atoms. The van der Waals surface area contributed by atoms with Crippen molar-refractivity contribution in [3.63, 3.8) is 0 Å². The first-order valence-electron chi connectivity index (χ1n) is 12.8. The minimum atomic E-state index is -0.898. The Morgan fingerprint density at radius 3 is 1.10 bits per heavy atom. The molecule has 8 amide bonds. The summed E-state index contributed by atoms with van der Waals surface area (Å²) in [6.07, 6.45) is 0.611. The first kappa shape index (κ1) is 25.6. The zero-order valence-corrected chi connectivity index (χ0v) is 20.8. The van der Waals surface area contributed by atoms with Gasteiger partial charge in [0, 0.05) is 14.2 Å². The maximum absolute atomic E-state index is 12.2. The second-order valence-corrected chi connectivity index (χ2v) is 8.99. The fourth-order valence-corrected chi connectivity index (χ4v) is 4.84. The van der Waals surface area contributed by atoms with Gasteiger partial charge >= 0.3 is 0 Å². The number of fused-ring (bicyclic) bond motifs is 2. The summed E-state index contributed by atoms with van der Waals surface area (Å²) in [5.41, 5.74) is 1.21. The Morgan fingerprint density at radius 2 is 0.846 bits per heavy atom. The smallest absolute Gasteiger partial charge is 0.262 e. The Morgan fingerprint density at radius 1 is 0.564 bits per heavy atom. The van der Waals surface area contributed by atoms with Crippen molar-refractivity contribution in [2.24, 2.45) is 0 Å². The van der Waals surface area contributed by atoms with Crippen LogP contribution >= 0.6 is 0 Å². The van der Waals surface area contributed by atoms with Crippen LogP contribution in [0.25, 0.3) is 0 Å². The van der Waals surface area contributed by atoms with Gasteiger partial charge in [0.05, 0.1) is 22.3 Å². The number of nitrogens with zero attached hydrogens (tertiary/aromatic N) is 2. The van der Waals surface area contributed by atoms with E-state index in [-0.39, 0.29) is 37.5 Å². The van der Waals surface area contributed by atoms with Gasteiger partial charge in [0.1, 0.15) is 12.1 Å². The number of piperidine rings is 2. The molecule has 2 aromatic carbocycles. The molecule has 12 nitrogen and oxygen atoms in total. The molecule has 0 aromatic heterocycles. The fourth-order valence-electron chi connectivity index (χ4n) is 4.84. The highest BCUT2D eigenvalue weighted by atomic mass is 16.2. The highest BCUT2D eigenvalue weighted by Crippen LogP contribution is 2.28. The second-order valence-electron chi connectivity index (χ2n) is 8.99. The maximum Gasteiger partial charge on any atom is 0.262 e. The van der Waals surface area contributed by atoms with Gasteiger partial charge in [0.15, 0.2) is 0 Å². The van der Waals surface area contributed by atoms with E-state index in [1.54, 1.807) is 48.5 Å². The van der Waals surface area contributed by atoms with Crippen molar-refractivity contribution in [2.45, 2.75) is 45.2 Å². The number of imide groups is 4. The van der Waals surface area contributed by atoms with Crippen LogP contribution in [0.5, 0.6) is 0 Å². The third-order valence-corrected chi connectivity index (χ3v) is 6.69. The highest BCUT2D eigenvalue weighted by Gasteiger charge is 2.45. The standard InChI is InChI=1S/2C13H10N2O4.CH4/c2*16-10-6-5-9(11(17)14-10)15-12(18)7-3-1-2-4-8(7)13(15)19;/h2*1-4,9H,5-6H2,(H,14,16,17);1H4/i;;1D. The Labute approximate surface area is 223 Å². The summed E-state index contributed by atoms with van der Waals surface area (Å²) in [4.78, 5) is 96.3. The van der Waals surface area contributed by atoms with Crippen LogP contribution < -0.4 is 10.6 Å².